The number of nitrogens with one attached hydrogen (secondary N) is 1. The zero-order chi connectivity index (χ0) is 15.5. The monoisotopic (exact) mass is 296 g/mol. The summed E-state index contributed by atoms with van der Waals surface area (Å²) >= 11 is 0. The number of nitrogens with zero attached hydrogens (tertiary/aromatic N) is 1. The van der Waals surface area contributed by atoms with E-state index in [4.69, 9.17) is 4.74 Å². The fourth-order valence-electron chi connectivity index (χ4n) is 4.05. The number of likely N-dealkylation sites (N-methyl/N-ethyl adjacent to an activating group) is 1. The first kappa shape index (κ1) is 16.8. The van der Waals surface area contributed by atoms with Crippen molar-refractivity contribution in [2.45, 2.75) is 71.4 Å². The number of rotatable bonds is 5. The molecule has 2 atom stereocenters. The van der Waals surface area contributed by atoms with Crippen molar-refractivity contribution in [1.82, 2.24) is 10.2 Å². The molecule has 1 heterocycles. The number of carbonyl (C=O) groups is 1. The van der Waals surface area contributed by atoms with Gasteiger partial charge in [0, 0.05) is 12.6 Å². The van der Waals surface area contributed by atoms with E-state index in [2.05, 4.69) is 31.0 Å². The van der Waals surface area contributed by atoms with Crippen LogP contribution >= 0.6 is 0 Å². The Kier molecular flexibility index (Phi) is 5.31. The maximum Gasteiger partial charge on any atom is 0.326 e. The van der Waals surface area contributed by atoms with E-state index in [1.165, 1.54) is 19.4 Å². The van der Waals surface area contributed by atoms with Crippen molar-refractivity contribution in [3.63, 3.8) is 0 Å². The highest BCUT2D eigenvalue weighted by molar-refractivity contribution is 5.81. The van der Waals surface area contributed by atoms with Crippen molar-refractivity contribution < 1.29 is 9.53 Å². The number of hydrogen-bond donors (Lipinski definition) is 1. The van der Waals surface area contributed by atoms with E-state index in [-0.39, 0.29) is 5.97 Å². The normalized spacial score (nSPS) is 33.0. The first-order chi connectivity index (χ1) is 9.92. The topological polar surface area (TPSA) is 41.6 Å². The summed E-state index contributed by atoms with van der Waals surface area (Å²) in [5.74, 6) is -0.0463. The van der Waals surface area contributed by atoms with Gasteiger partial charge in [-0.05, 0) is 57.5 Å². The van der Waals surface area contributed by atoms with Crippen molar-refractivity contribution in [2.75, 3.05) is 26.2 Å². The van der Waals surface area contributed by atoms with Crippen molar-refractivity contribution in [3.05, 3.63) is 0 Å². The number of esters is 1. The molecule has 1 aliphatic carbocycles. The quantitative estimate of drug-likeness (QED) is 0.792. The molecule has 2 fully saturated rings. The van der Waals surface area contributed by atoms with Crippen LogP contribution in [0.2, 0.25) is 0 Å². The Bertz CT molecular complexity index is 366. The van der Waals surface area contributed by atoms with Gasteiger partial charge in [0.25, 0.3) is 0 Å². The minimum atomic E-state index is -0.458. The summed E-state index contributed by atoms with van der Waals surface area (Å²) in [4.78, 5) is 15.1. The molecule has 2 aliphatic rings. The number of hydrogen-bond acceptors (Lipinski definition) is 4. The molecule has 0 bridgehead atoms. The van der Waals surface area contributed by atoms with Crippen molar-refractivity contribution in [3.8, 4) is 0 Å². The van der Waals surface area contributed by atoms with Gasteiger partial charge in [0.2, 0.25) is 0 Å². The molecule has 1 saturated carbocycles. The molecule has 122 valence electrons. The smallest absolute Gasteiger partial charge is 0.326 e. The molecule has 21 heavy (non-hydrogen) atoms. The lowest BCUT2D eigenvalue weighted by atomic mass is 9.78. The number of carbonyl (C=O) groups excluding carboxylic acids is 1. The number of likely N-dealkylation sites (tertiary alicyclic amines) is 1. The highest BCUT2D eigenvalue weighted by Gasteiger charge is 2.46. The first-order valence-electron chi connectivity index (χ1n) is 8.59. The third-order valence-electron chi connectivity index (χ3n) is 5.13. The van der Waals surface area contributed by atoms with Gasteiger partial charge >= 0.3 is 5.97 Å². The van der Waals surface area contributed by atoms with Gasteiger partial charge < -0.3 is 10.1 Å². The molecule has 2 rings (SSSR count). The molecule has 0 aromatic rings. The van der Waals surface area contributed by atoms with Crippen LogP contribution in [0.3, 0.4) is 0 Å². The second-order valence-electron chi connectivity index (χ2n) is 7.47. The van der Waals surface area contributed by atoms with Crippen LogP contribution in [-0.4, -0.2) is 48.7 Å². The Morgan fingerprint density at radius 3 is 2.67 bits per heavy atom. The lowest BCUT2D eigenvalue weighted by Crippen LogP contribution is -2.58. The van der Waals surface area contributed by atoms with Crippen LogP contribution in [-0.2, 0) is 9.53 Å². The molecule has 0 aromatic heterocycles. The maximum absolute atomic E-state index is 12.5. The Labute approximate surface area is 129 Å². The summed E-state index contributed by atoms with van der Waals surface area (Å²) < 4.78 is 5.37. The van der Waals surface area contributed by atoms with Gasteiger partial charge in [-0.1, -0.05) is 20.8 Å². The summed E-state index contributed by atoms with van der Waals surface area (Å²) in [5.41, 5.74) is -0.0391. The molecule has 0 spiro atoms. The minimum absolute atomic E-state index is 0.0463. The predicted octanol–water partition coefficient (Wildman–Crippen LogP) is 2.57. The Hall–Kier alpha value is -0.610. The van der Waals surface area contributed by atoms with Gasteiger partial charge in [0.1, 0.15) is 5.54 Å². The molecule has 4 nitrogen and oxygen atoms in total. The van der Waals surface area contributed by atoms with Crippen molar-refractivity contribution >= 4 is 5.97 Å². The zero-order valence-corrected chi connectivity index (χ0v) is 14.2. The van der Waals surface area contributed by atoms with Gasteiger partial charge in [-0.15, -0.1) is 0 Å². The molecule has 1 saturated heterocycles. The molecule has 2 unspecified atom stereocenters. The second kappa shape index (κ2) is 6.66. The summed E-state index contributed by atoms with van der Waals surface area (Å²) in [5, 5.41) is 3.46. The van der Waals surface area contributed by atoms with Gasteiger partial charge in [0.05, 0.1) is 6.61 Å². The van der Waals surface area contributed by atoms with Gasteiger partial charge in [-0.25, -0.2) is 0 Å². The molecular weight excluding hydrogens is 264 g/mol. The molecular formula is C17H32N2O2. The molecule has 1 aliphatic heterocycles. The van der Waals surface area contributed by atoms with Crippen LogP contribution in [0.5, 0.6) is 0 Å². The SMILES string of the molecule is CCNC1(C(=O)OCC)CCCC(N2CCC(C)(C)C2)C1. The van der Waals surface area contributed by atoms with Crippen LogP contribution < -0.4 is 5.32 Å². The minimum Gasteiger partial charge on any atom is -0.465 e. The van der Waals surface area contributed by atoms with E-state index in [1.807, 2.05) is 6.92 Å². The Morgan fingerprint density at radius 2 is 2.10 bits per heavy atom. The van der Waals surface area contributed by atoms with Crippen LogP contribution in [0.4, 0.5) is 0 Å². The van der Waals surface area contributed by atoms with Gasteiger partial charge in [-0.3, -0.25) is 9.69 Å². The lowest BCUT2D eigenvalue weighted by molar-refractivity contribution is -0.153. The molecule has 0 radical (unpaired) electrons. The maximum atomic E-state index is 12.5. The van der Waals surface area contributed by atoms with Gasteiger partial charge in [-0.2, -0.15) is 0 Å². The fourth-order valence-corrected chi connectivity index (χ4v) is 4.05. The van der Waals surface area contributed by atoms with E-state index in [1.54, 1.807) is 0 Å². The van der Waals surface area contributed by atoms with Crippen molar-refractivity contribution in [1.29, 1.82) is 0 Å². The van der Waals surface area contributed by atoms with E-state index >= 15 is 0 Å². The van der Waals surface area contributed by atoms with Crippen LogP contribution in [0.15, 0.2) is 0 Å². The highest BCUT2D eigenvalue weighted by Crippen LogP contribution is 2.37. The van der Waals surface area contributed by atoms with Gasteiger partial charge in [0.15, 0.2) is 0 Å². The average molecular weight is 296 g/mol. The summed E-state index contributed by atoms with van der Waals surface area (Å²) in [6.07, 6.45) is 5.39. The van der Waals surface area contributed by atoms with Crippen LogP contribution in [0.1, 0.15) is 59.8 Å². The Morgan fingerprint density at radius 1 is 1.33 bits per heavy atom. The lowest BCUT2D eigenvalue weighted by Gasteiger charge is -2.42. The van der Waals surface area contributed by atoms with E-state index < -0.39 is 5.54 Å². The first-order valence-corrected chi connectivity index (χ1v) is 8.59. The summed E-state index contributed by atoms with van der Waals surface area (Å²) in [6, 6.07) is 0.518. The molecule has 0 amide bonds. The standard InChI is InChI=1S/C17H32N2O2/c1-5-18-17(15(20)21-6-2)9-7-8-14(12-17)19-11-10-16(3,4)13-19/h14,18H,5-13H2,1-4H3. The van der Waals surface area contributed by atoms with E-state index in [9.17, 15) is 4.79 Å². The largest absolute Gasteiger partial charge is 0.465 e. The molecule has 4 heteroatoms. The number of ether oxygens (including phenoxy) is 1. The van der Waals surface area contributed by atoms with E-state index in [0.717, 1.165) is 32.4 Å². The summed E-state index contributed by atoms with van der Waals surface area (Å²) in [7, 11) is 0. The molecule has 0 aromatic carbocycles. The highest BCUT2D eigenvalue weighted by atomic mass is 16.5. The predicted molar refractivity (Wildman–Crippen MR) is 85.3 cm³/mol. The van der Waals surface area contributed by atoms with Crippen LogP contribution in [0, 0.1) is 5.41 Å². The Balaban J connectivity index is 2.08. The third-order valence-corrected chi connectivity index (χ3v) is 5.13. The zero-order valence-electron chi connectivity index (χ0n) is 14.2. The fraction of sp³-hybridized carbons (Fsp3) is 0.941. The average Bonchev–Trinajstić information content (AvgIpc) is 2.80. The second-order valence-corrected chi connectivity index (χ2v) is 7.47. The summed E-state index contributed by atoms with van der Waals surface area (Å²) in [6.45, 7) is 12.3. The molecule has 1 N–H and O–H groups in total. The van der Waals surface area contributed by atoms with E-state index in [0.29, 0.717) is 18.1 Å². The third kappa shape index (κ3) is 3.78. The van der Waals surface area contributed by atoms with Crippen molar-refractivity contribution in [2.24, 2.45) is 5.41 Å². The van der Waals surface area contributed by atoms with Crippen LogP contribution in [0.25, 0.3) is 0 Å².